The number of benzene rings is 1. The van der Waals surface area contributed by atoms with Gasteiger partial charge in [-0.25, -0.2) is 4.79 Å². The molecule has 0 fully saturated rings. The first-order valence-electron chi connectivity index (χ1n) is 5.38. The van der Waals surface area contributed by atoms with Gasteiger partial charge in [-0.15, -0.1) is 0 Å². The molecule has 7 nitrogen and oxygen atoms in total. The second-order valence-corrected chi connectivity index (χ2v) is 5.61. The van der Waals surface area contributed by atoms with Crippen molar-refractivity contribution in [3.05, 3.63) is 38.3 Å². The lowest BCUT2D eigenvalue weighted by molar-refractivity contribution is -0.384. The molecule has 1 aromatic carbocycles. The summed E-state index contributed by atoms with van der Waals surface area (Å²) in [4.78, 5) is 31.2. The maximum absolute atomic E-state index is 10.8. The molecule has 9 heteroatoms. The van der Waals surface area contributed by atoms with Crippen LogP contribution < -0.4 is 5.32 Å². The molecule has 108 valence electrons. The standard InChI is InChI=1S/C11H11BrN2O5S/c12-9-3-8(14(18)19)2-1-7(9)4-20-5-10(11(16)17)13-6-15/h1-3,6,10H,4-5H2,(H,13,15)(H,16,17). The molecule has 0 aliphatic carbocycles. The first kappa shape index (κ1) is 16.4. The van der Waals surface area contributed by atoms with Crippen molar-refractivity contribution in [2.24, 2.45) is 0 Å². The number of aliphatic carboxylic acids is 1. The number of non-ortho nitro benzene ring substituents is 1. The number of nitro groups is 1. The fraction of sp³-hybridized carbons (Fsp3) is 0.273. The predicted octanol–water partition coefficient (Wildman–Crippen LogP) is 1.79. The van der Waals surface area contributed by atoms with Crippen LogP contribution in [0, 0.1) is 10.1 Å². The first-order valence-corrected chi connectivity index (χ1v) is 7.33. The van der Waals surface area contributed by atoms with E-state index >= 15 is 0 Å². The van der Waals surface area contributed by atoms with Crippen LogP contribution in [-0.4, -0.2) is 34.2 Å². The number of hydrogen-bond acceptors (Lipinski definition) is 5. The summed E-state index contributed by atoms with van der Waals surface area (Å²) in [5.41, 5.74) is 0.799. The van der Waals surface area contributed by atoms with Crippen molar-refractivity contribution >= 4 is 45.8 Å². The molecular formula is C11H11BrN2O5S. The Morgan fingerprint density at radius 1 is 1.60 bits per heavy atom. The van der Waals surface area contributed by atoms with E-state index in [-0.39, 0.29) is 11.4 Å². The number of nitro benzene ring substituents is 1. The lowest BCUT2D eigenvalue weighted by Gasteiger charge is -2.11. The van der Waals surface area contributed by atoms with Gasteiger partial charge in [0.1, 0.15) is 6.04 Å². The monoisotopic (exact) mass is 362 g/mol. The maximum Gasteiger partial charge on any atom is 0.327 e. The zero-order chi connectivity index (χ0) is 15.1. The molecule has 1 aromatic rings. The van der Waals surface area contributed by atoms with Crippen molar-refractivity contribution in [2.75, 3.05) is 5.75 Å². The molecule has 1 unspecified atom stereocenters. The van der Waals surface area contributed by atoms with Crippen molar-refractivity contribution in [2.45, 2.75) is 11.8 Å². The number of halogens is 1. The van der Waals surface area contributed by atoms with Crippen LogP contribution in [0.1, 0.15) is 5.56 Å². The average Bonchev–Trinajstić information content (AvgIpc) is 2.39. The molecule has 0 heterocycles. The van der Waals surface area contributed by atoms with E-state index in [4.69, 9.17) is 5.11 Å². The van der Waals surface area contributed by atoms with Gasteiger partial charge in [0.25, 0.3) is 5.69 Å². The third kappa shape index (κ3) is 4.82. The summed E-state index contributed by atoms with van der Waals surface area (Å²) in [6, 6.07) is 3.44. The molecule has 0 saturated carbocycles. The van der Waals surface area contributed by atoms with Crippen LogP contribution in [0.25, 0.3) is 0 Å². The van der Waals surface area contributed by atoms with Crippen molar-refractivity contribution in [3.8, 4) is 0 Å². The molecule has 1 atom stereocenters. The van der Waals surface area contributed by atoms with E-state index in [1.807, 2.05) is 0 Å². The normalized spacial score (nSPS) is 11.7. The SMILES string of the molecule is O=CNC(CSCc1ccc([N+](=O)[O-])cc1Br)C(=O)O. The van der Waals surface area contributed by atoms with Gasteiger partial charge in [0.2, 0.25) is 6.41 Å². The number of amides is 1. The Labute approximate surface area is 127 Å². The van der Waals surface area contributed by atoms with Gasteiger partial charge in [-0.05, 0) is 5.56 Å². The minimum atomic E-state index is -1.10. The summed E-state index contributed by atoms with van der Waals surface area (Å²) in [5, 5.41) is 21.6. The predicted molar refractivity (Wildman–Crippen MR) is 77.6 cm³/mol. The fourth-order valence-electron chi connectivity index (χ4n) is 1.33. The van der Waals surface area contributed by atoms with Gasteiger partial charge in [0, 0.05) is 28.1 Å². The molecule has 0 aromatic heterocycles. The summed E-state index contributed by atoms with van der Waals surface area (Å²) < 4.78 is 0.592. The molecule has 0 aliphatic rings. The Bertz CT molecular complexity index is 526. The topological polar surface area (TPSA) is 110 Å². The lowest BCUT2D eigenvalue weighted by atomic mass is 10.2. The van der Waals surface area contributed by atoms with Gasteiger partial charge in [0.15, 0.2) is 0 Å². The number of rotatable bonds is 8. The Hall–Kier alpha value is -1.61. The largest absolute Gasteiger partial charge is 0.480 e. The summed E-state index contributed by atoms with van der Waals surface area (Å²) in [6.07, 6.45) is 0.348. The van der Waals surface area contributed by atoms with E-state index in [1.54, 1.807) is 6.07 Å². The van der Waals surface area contributed by atoms with E-state index < -0.39 is 16.9 Å². The van der Waals surface area contributed by atoms with Crippen molar-refractivity contribution in [1.29, 1.82) is 0 Å². The molecule has 0 saturated heterocycles. The summed E-state index contributed by atoms with van der Waals surface area (Å²) in [7, 11) is 0. The quantitative estimate of drug-likeness (QED) is 0.414. The zero-order valence-corrected chi connectivity index (χ0v) is 12.5. The van der Waals surface area contributed by atoms with Crippen LogP contribution in [0.4, 0.5) is 5.69 Å². The first-order chi connectivity index (χ1) is 9.45. The molecule has 1 amide bonds. The van der Waals surface area contributed by atoms with Crippen LogP contribution in [-0.2, 0) is 15.3 Å². The number of nitrogens with one attached hydrogen (secondary N) is 1. The highest BCUT2D eigenvalue weighted by Crippen LogP contribution is 2.26. The Balaban J connectivity index is 2.59. The second-order valence-electron chi connectivity index (χ2n) is 3.72. The number of nitrogens with zero attached hydrogens (tertiary/aromatic N) is 1. The Kier molecular flexibility index (Phi) is 6.46. The fourth-order valence-corrected chi connectivity index (χ4v) is 3.08. The number of hydrogen-bond donors (Lipinski definition) is 2. The van der Waals surface area contributed by atoms with E-state index in [9.17, 15) is 19.7 Å². The van der Waals surface area contributed by atoms with E-state index in [0.717, 1.165) is 5.56 Å². The van der Waals surface area contributed by atoms with E-state index in [1.165, 1.54) is 23.9 Å². The highest BCUT2D eigenvalue weighted by atomic mass is 79.9. The molecule has 0 spiro atoms. The lowest BCUT2D eigenvalue weighted by Crippen LogP contribution is -2.37. The molecule has 0 radical (unpaired) electrons. The van der Waals surface area contributed by atoms with Crippen LogP contribution in [0.5, 0.6) is 0 Å². The molecule has 1 rings (SSSR count). The minimum absolute atomic E-state index is 0.0170. The average molecular weight is 363 g/mol. The summed E-state index contributed by atoms with van der Waals surface area (Å²) in [6.45, 7) is 0. The highest BCUT2D eigenvalue weighted by molar-refractivity contribution is 9.10. The number of thioether (sulfide) groups is 1. The smallest absolute Gasteiger partial charge is 0.327 e. The van der Waals surface area contributed by atoms with Crippen LogP contribution in [0.2, 0.25) is 0 Å². The van der Waals surface area contributed by atoms with Crippen LogP contribution in [0.3, 0.4) is 0 Å². The molecule has 0 bridgehead atoms. The van der Waals surface area contributed by atoms with Crippen LogP contribution in [0.15, 0.2) is 22.7 Å². The van der Waals surface area contributed by atoms with Gasteiger partial charge >= 0.3 is 5.97 Å². The Morgan fingerprint density at radius 3 is 2.80 bits per heavy atom. The van der Waals surface area contributed by atoms with Gasteiger partial charge in [-0.3, -0.25) is 14.9 Å². The third-order valence-corrected chi connectivity index (χ3v) is 4.18. The number of carboxylic acids is 1. The Morgan fingerprint density at radius 2 is 2.30 bits per heavy atom. The van der Waals surface area contributed by atoms with Crippen molar-refractivity contribution in [1.82, 2.24) is 5.32 Å². The number of carboxylic acid groups (broad SMARTS) is 1. The third-order valence-electron chi connectivity index (χ3n) is 2.36. The maximum atomic E-state index is 10.8. The zero-order valence-electron chi connectivity index (χ0n) is 10.1. The molecule has 2 N–H and O–H groups in total. The van der Waals surface area contributed by atoms with Gasteiger partial charge < -0.3 is 10.4 Å². The summed E-state index contributed by atoms with van der Waals surface area (Å²) in [5.74, 6) is -0.423. The summed E-state index contributed by atoms with van der Waals surface area (Å²) >= 11 is 4.55. The van der Waals surface area contributed by atoms with Gasteiger partial charge in [-0.2, -0.15) is 11.8 Å². The number of carbonyl (C=O) groups is 2. The van der Waals surface area contributed by atoms with Crippen molar-refractivity contribution < 1.29 is 19.6 Å². The van der Waals surface area contributed by atoms with Gasteiger partial charge in [0.05, 0.1) is 4.92 Å². The molecular weight excluding hydrogens is 352 g/mol. The van der Waals surface area contributed by atoms with Crippen LogP contribution >= 0.6 is 27.7 Å². The highest BCUT2D eigenvalue weighted by Gasteiger charge is 2.16. The number of carbonyl (C=O) groups excluding carboxylic acids is 1. The van der Waals surface area contributed by atoms with E-state index in [0.29, 0.717) is 16.6 Å². The minimum Gasteiger partial charge on any atom is -0.480 e. The van der Waals surface area contributed by atoms with E-state index in [2.05, 4.69) is 21.2 Å². The molecule has 20 heavy (non-hydrogen) atoms. The van der Waals surface area contributed by atoms with Gasteiger partial charge in [-0.1, -0.05) is 22.0 Å². The second kappa shape index (κ2) is 7.85. The molecule has 0 aliphatic heterocycles. The van der Waals surface area contributed by atoms with Crippen molar-refractivity contribution in [3.63, 3.8) is 0 Å².